The van der Waals surface area contributed by atoms with Gasteiger partial charge in [-0.2, -0.15) is 0 Å². The van der Waals surface area contributed by atoms with Gasteiger partial charge >= 0.3 is 12.0 Å². The highest BCUT2D eigenvalue weighted by atomic mass is 16.5. The summed E-state index contributed by atoms with van der Waals surface area (Å²) in [5.41, 5.74) is 0.618. The molecule has 4 rings (SSSR count). The van der Waals surface area contributed by atoms with E-state index in [9.17, 15) is 19.2 Å². The van der Waals surface area contributed by atoms with Crippen LogP contribution in [0.15, 0.2) is 54.6 Å². The molecule has 2 aromatic carbocycles. The molecule has 9 heteroatoms. The maximum atomic E-state index is 12.9. The number of nitrogens with zero attached hydrogens (tertiary/aromatic N) is 1. The minimum Gasteiger partial charge on any atom is -0.489 e. The van der Waals surface area contributed by atoms with Crippen molar-refractivity contribution in [1.82, 2.24) is 10.2 Å². The molecule has 0 aromatic heterocycles. The lowest BCUT2D eigenvalue weighted by Gasteiger charge is -2.36. The van der Waals surface area contributed by atoms with Gasteiger partial charge in [0.15, 0.2) is 6.61 Å². The Balaban J connectivity index is 1.22. The minimum atomic E-state index is -0.941. The fourth-order valence-electron chi connectivity index (χ4n) is 4.53. The summed E-state index contributed by atoms with van der Waals surface area (Å²) in [7, 11) is 0. The van der Waals surface area contributed by atoms with E-state index in [-0.39, 0.29) is 5.92 Å². The van der Waals surface area contributed by atoms with Crippen molar-refractivity contribution >= 4 is 29.5 Å². The van der Waals surface area contributed by atoms with Gasteiger partial charge in [-0.1, -0.05) is 50.1 Å². The van der Waals surface area contributed by atoms with E-state index in [1.807, 2.05) is 37.3 Å². The van der Waals surface area contributed by atoms with Crippen LogP contribution in [0, 0.1) is 5.92 Å². The largest absolute Gasteiger partial charge is 0.489 e. The molecule has 0 bridgehead atoms. The van der Waals surface area contributed by atoms with E-state index >= 15 is 0 Å². The van der Waals surface area contributed by atoms with Crippen molar-refractivity contribution in [3.8, 4) is 5.75 Å². The molecular formula is C26H29N3O6. The molecular weight excluding hydrogens is 450 g/mol. The smallest absolute Gasteiger partial charge is 0.326 e. The van der Waals surface area contributed by atoms with Gasteiger partial charge in [-0.25, -0.2) is 4.79 Å². The van der Waals surface area contributed by atoms with Crippen molar-refractivity contribution in [2.24, 2.45) is 5.92 Å². The molecule has 1 aliphatic heterocycles. The summed E-state index contributed by atoms with van der Waals surface area (Å²) in [5.74, 6) is -1.11. The number of carbonyl (C=O) groups excluding carboxylic acids is 4. The number of hydrogen-bond acceptors (Lipinski definition) is 6. The molecule has 2 fully saturated rings. The van der Waals surface area contributed by atoms with Crippen LogP contribution in [-0.4, -0.2) is 47.4 Å². The number of esters is 1. The molecule has 1 aliphatic carbocycles. The third-order valence-electron chi connectivity index (χ3n) is 6.54. The zero-order valence-electron chi connectivity index (χ0n) is 19.6. The lowest BCUT2D eigenvalue weighted by Crippen LogP contribution is -2.54. The second-order valence-corrected chi connectivity index (χ2v) is 8.95. The zero-order valence-corrected chi connectivity index (χ0v) is 19.6. The number of rotatable bonds is 8. The van der Waals surface area contributed by atoms with Crippen molar-refractivity contribution < 1.29 is 28.7 Å². The lowest BCUT2D eigenvalue weighted by molar-refractivity contribution is -0.150. The zero-order chi connectivity index (χ0) is 24.8. The summed E-state index contributed by atoms with van der Waals surface area (Å²) >= 11 is 0. The second kappa shape index (κ2) is 10.6. The first-order chi connectivity index (χ1) is 16.9. The van der Waals surface area contributed by atoms with Crippen molar-refractivity contribution in [2.75, 3.05) is 18.5 Å². The summed E-state index contributed by atoms with van der Waals surface area (Å²) in [6.07, 6.45) is 3.25. The van der Waals surface area contributed by atoms with Gasteiger partial charge in [0.05, 0.1) is 0 Å². The van der Waals surface area contributed by atoms with E-state index < -0.39 is 42.5 Å². The van der Waals surface area contributed by atoms with Gasteiger partial charge in [-0.05, 0) is 48.6 Å². The number of carbonyl (C=O) groups is 4. The first-order valence-electron chi connectivity index (χ1n) is 11.7. The van der Waals surface area contributed by atoms with Gasteiger partial charge in [-0.15, -0.1) is 0 Å². The number of anilines is 1. The molecule has 1 heterocycles. The first kappa shape index (κ1) is 24.3. The van der Waals surface area contributed by atoms with Crippen LogP contribution in [0.5, 0.6) is 5.75 Å². The van der Waals surface area contributed by atoms with Crippen LogP contribution in [0.4, 0.5) is 10.5 Å². The number of urea groups is 1. The lowest BCUT2D eigenvalue weighted by atomic mass is 9.73. The Labute approximate surface area is 203 Å². The topological polar surface area (TPSA) is 114 Å². The average molecular weight is 480 g/mol. The van der Waals surface area contributed by atoms with Crippen molar-refractivity contribution in [1.29, 1.82) is 0 Å². The quantitative estimate of drug-likeness (QED) is 0.444. The Kier molecular flexibility index (Phi) is 7.33. The van der Waals surface area contributed by atoms with Crippen LogP contribution in [0.2, 0.25) is 0 Å². The van der Waals surface area contributed by atoms with Crippen LogP contribution in [0.25, 0.3) is 0 Å². The number of ether oxygens (including phenoxy) is 2. The van der Waals surface area contributed by atoms with Gasteiger partial charge in [0.1, 0.15) is 24.4 Å². The Morgan fingerprint density at radius 2 is 1.83 bits per heavy atom. The molecule has 0 radical (unpaired) electrons. The molecule has 0 unspecified atom stereocenters. The normalized spacial score (nSPS) is 21.5. The Hall–Kier alpha value is -3.88. The van der Waals surface area contributed by atoms with E-state index in [4.69, 9.17) is 9.47 Å². The summed E-state index contributed by atoms with van der Waals surface area (Å²) in [5, 5.41) is 5.41. The molecule has 1 saturated carbocycles. The highest BCUT2D eigenvalue weighted by molar-refractivity contribution is 6.09. The molecule has 9 nitrogen and oxygen atoms in total. The third-order valence-corrected chi connectivity index (χ3v) is 6.54. The molecule has 1 saturated heterocycles. The maximum absolute atomic E-state index is 12.9. The van der Waals surface area contributed by atoms with Gasteiger partial charge in [0.2, 0.25) is 0 Å². The van der Waals surface area contributed by atoms with Crippen molar-refractivity contribution in [3.05, 3.63) is 60.2 Å². The van der Waals surface area contributed by atoms with Gasteiger partial charge < -0.3 is 20.1 Å². The van der Waals surface area contributed by atoms with E-state index in [1.54, 1.807) is 24.3 Å². The molecule has 35 heavy (non-hydrogen) atoms. The molecule has 2 atom stereocenters. The summed E-state index contributed by atoms with van der Waals surface area (Å²) in [6, 6.07) is 16.0. The molecule has 184 valence electrons. The SMILES string of the molecule is C[C@@H]1CCCC[C@@]12NC(=O)N(CC(=O)OCC(=O)Nc1ccc(OCc3ccccc3)cc1)C2=O. The molecule has 1 spiro atoms. The van der Waals surface area contributed by atoms with Crippen LogP contribution >= 0.6 is 0 Å². The number of benzene rings is 2. The average Bonchev–Trinajstić information content (AvgIpc) is 3.09. The first-order valence-corrected chi connectivity index (χ1v) is 11.7. The fourth-order valence-corrected chi connectivity index (χ4v) is 4.53. The van der Waals surface area contributed by atoms with E-state index in [1.165, 1.54) is 0 Å². The van der Waals surface area contributed by atoms with Gasteiger partial charge in [-0.3, -0.25) is 19.3 Å². The highest BCUT2D eigenvalue weighted by Gasteiger charge is 2.55. The maximum Gasteiger partial charge on any atom is 0.326 e. The Morgan fingerprint density at radius 3 is 2.54 bits per heavy atom. The molecule has 2 N–H and O–H groups in total. The van der Waals surface area contributed by atoms with Gasteiger partial charge in [0.25, 0.3) is 11.8 Å². The highest BCUT2D eigenvalue weighted by Crippen LogP contribution is 2.38. The van der Waals surface area contributed by atoms with Crippen LogP contribution in [0.1, 0.15) is 38.2 Å². The van der Waals surface area contributed by atoms with Crippen molar-refractivity contribution in [3.63, 3.8) is 0 Å². The van der Waals surface area contributed by atoms with E-state index in [2.05, 4.69) is 10.6 Å². The second-order valence-electron chi connectivity index (χ2n) is 8.95. The van der Waals surface area contributed by atoms with Crippen LogP contribution in [-0.2, 0) is 25.7 Å². The summed E-state index contributed by atoms with van der Waals surface area (Å²) in [6.45, 7) is 1.31. The third kappa shape index (κ3) is 5.62. The monoisotopic (exact) mass is 479 g/mol. The van der Waals surface area contributed by atoms with E-state index in [0.29, 0.717) is 24.5 Å². The summed E-state index contributed by atoms with van der Waals surface area (Å²) in [4.78, 5) is 50.6. The Bertz CT molecular complexity index is 1090. The molecule has 2 aromatic rings. The number of nitrogens with one attached hydrogen (secondary N) is 2. The van der Waals surface area contributed by atoms with Crippen LogP contribution in [0.3, 0.4) is 0 Å². The number of amides is 4. The molecule has 2 aliphatic rings. The molecule has 4 amide bonds. The van der Waals surface area contributed by atoms with Crippen LogP contribution < -0.4 is 15.4 Å². The number of imide groups is 1. The Morgan fingerprint density at radius 1 is 1.09 bits per heavy atom. The van der Waals surface area contributed by atoms with Crippen molar-refractivity contribution in [2.45, 2.75) is 44.8 Å². The predicted octanol–water partition coefficient (Wildman–Crippen LogP) is 3.25. The number of hydrogen-bond donors (Lipinski definition) is 2. The van der Waals surface area contributed by atoms with E-state index in [0.717, 1.165) is 29.7 Å². The predicted molar refractivity (Wildman–Crippen MR) is 127 cm³/mol. The summed E-state index contributed by atoms with van der Waals surface area (Å²) < 4.78 is 10.7. The van der Waals surface area contributed by atoms with Gasteiger partial charge in [0, 0.05) is 5.69 Å². The minimum absolute atomic E-state index is 0.00498. The standard InChI is InChI=1S/C26H29N3O6/c1-18-7-5-6-14-26(18)24(32)29(25(33)28-26)15-23(31)35-17-22(30)27-20-10-12-21(13-11-20)34-16-19-8-3-2-4-9-19/h2-4,8-13,18H,5-7,14-17H2,1H3,(H,27,30)(H,28,33)/t18-,26-/m1/s1. The fraction of sp³-hybridized carbons (Fsp3) is 0.385.